The summed E-state index contributed by atoms with van der Waals surface area (Å²) in [6, 6.07) is 6.82. The molecule has 1 aromatic carbocycles. The number of amides is 1. The van der Waals surface area contributed by atoms with Gasteiger partial charge in [0.15, 0.2) is 0 Å². The van der Waals surface area contributed by atoms with Crippen LogP contribution in [0.15, 0.2) is 45.4 Å². The molecule has 1 amide bonds. The van der Waals surface area contributed by atoms with Crippen molar-refractivity contribution in [2.24, 2.45) is 0 Å². The third-order valence-electron chi connectivity index (χ3n) is 3.02. The van der Waals surface area contributed by atoms with Crippen molar-refractivity contribution in [2.75, 3.05) is 11.1 Å². The van der Waals surface area contributed by atoms with Gasteiger partial charge in [-0.25, -0.2) is 0 Å². The number of nitrogens with zero attached hydrogens (tertiary/aromatic N) is 2. The van der Waals surface area contributed by atoms with Crippen LogP contribution in [0.5, 0.6) is 0 Å². The van der Waals surface area contributed by atoms with E-state index in [2.05, 4.69) is 15.5 Å². The lowest BCUT2D eigenvalue weighted by Crippen LogP contribution is -2.15. The zero-order valence-electron chi connectivity index (χ0n) is 12.7. The number of anilines is 1. The zero-order chi connectivity index (χ0) is 18.7. The molecule has 3 aromatic rings. The molecule has 0 aliphatic carbocycles. The Bertz CT molecular complexity index is 913. The van der Waals surface area contributed by atoms with Crippen LogP contribution >= 0.6 is 34.7 Å². The van der Waals surface area contributed by atoms with E-state index in [-0.39, 0.29) is 16.7 Å². The van der Waals surface area contributed by atoms with Gasteiger partial charge in [-0.1, -0.05) is 29.4 Å². The van der Waals surface area contributed by atoms with E-state index in [1.54, 1.807) is 0 Å². The standard InChI is InChI=1S/C15H9ClF3N3O2S2/c16-10-4-3-8(6-9(10)15(17,18)19)20-12(23)7-26-14-22-21-13(24-14)11-2-1-5-25-11/h1-6H,7H2,(H,20,23). The highest BCUT2D eigenvalue weighted by atomic mass is 35.5. The molecular formula is C15H9ClF3N3O2S2. The number of alkyl halides is 3. The first-order chi connectivity index (χ1) is 12.3. The van der Waals surface area contributed by atoms with Gasteiger partial charge in [-0.3, -0.25) is 4.79 Å². The highest BCUT2D eigenvalue weighted by Gasteiger charge is 2.33. The second-order valence-electron chi connectivity index (χ2n) is 4.88. The normalized spacial score (nSPS) is 11.5. The van der Waals surface area contributed by atoms with E-state index in [1.165, 1.54) is 17.4 Å². The van der Waals surface area contributed by atoms with Crippen LogP contribution in [-0.2, 0) is 11.0 Å². The van der Waals surface area contributed by atoms with E-state index in [9.17, 15) is 18.0 Å². The topological polar surface area (TPSA) is 68.0 Å². The van der Waals surface area contributed by atoms with E-state index < -0.39 is 22.7 Å². The number of benzene rings is 1. The van der Waals surface area contributed by atoms with Crippen molar-refractivity contribution in [3.05, 3.63) is 46.3 Å². The molecule has 0 bridgehead atoms. The smallest absolute Gasteiger partial charge is 0.410 e. The number of hydrogen-bond donors (Lipinski definition) is 1. The SMILES string of the molecule is O=C(CSc1nnc(-c2cccs2)o1)Nc1ccc(Cl)c(C(F)(F)F)c1. The molecule has 0 unspecified atom stereocenters. The van der Waals surface area contributed by atoms with Gasteiger partial charge in [0, 0.05) is 5.69 Å². The summed E-state index contributed by atoms with van der Waals surface area (Å²) >= 11 is 7.95. The summed E-state index contributed by atoms with van der Waals surface area (Å²) in [5, 5.41) is 11.7. The van der Waals surface area contributed by atoms with Crippen molar-refractivity contribution < 1.29 is 22.4 Å². The van der Waals surface area contributed by atoms with Gasteiger partial charge in [-0.15, -0.1) is 21.5 Å². The fourth-order valence-corrected chi connectivity index (χ4v) is 3.34. The third kappa shape index (κ3) is 4.57. The maximum absolute atomic E-state index is 12.8. The minimum absolute atomic E-state index is 0.00266. The van der Waals surface area contributed by atoms with Crippen LogP contribution in [0.3, 0.4) is 0 Å². The van der Waals surface area contributed by atoms with Crippen molar-refractivity contribution in [2.45, 2.75) is 11.4 Å². The Labute approximate surface area is 158 Å². The van der Waals surface area contributed by atoms with Gasteiger partial charge in [0.25, 0.3) is 11.1 Å². The van der Waals surface area contributed by atoms with Crippen LogP contribution in [0.25, 0.3) is 10.8 Å². The molecule has 0 aliphatic heterocycles. The Hall–Kier alpha value is -2.04. The number of nitrogens with one attached hydrogen (secondary N) is 1. The largest absolute Gasteiger partial charge is 0.417 e. The average Bonchev–Trinajstić information content (AvgIpc) is 3.25. The summed E-state index contributed by atoms with van der Waals surface area (Å²) in [6.45, 7) is 0. The minimum Gasteiger partial charge on any atom is -0.410 e. The van der Waals surface area contributed by atoms with Gasteiger partial charge in [-0.2, -0.15) is 13.2 Å². The number of aromatic nitrogens is 2. The second-order valence-corrected chi connectivity index (χ2v) is 7.16. The molecule has 5 nitrogen and oxygen atoms in total. The Kier molecular flexibility index (Phi) is 5.54. The number of halogens is 4. The van der Waals surface area contributed by atoms with Gasteiger partial charge in [0.1, 0.15) is 0 Å². The Morgan fingerprint density at radius 3 is 2.81 bits per heavy atom. The van der Waals surface area contributed by atoms with Crippen molar-refractivity contribution >= 4 is 46.3 Å². The second kappa shape index (κ2) is 7.68. The van der Waals surface area contributed by atoms with Gasteiger partial charge < -0.3 is 9.73 Å². The molecule has 1 N–H and O–H groups in total. The maximum atomic E-state index is 12.8. The minimum atomic E-state index is -4.60. The van der Waals surface area contributed by atoms with Crippen molar-refractivity contribution in [3.8, 4) is 10.8 Å². The lowest BCUT2D eigenvalue weighted by molar-refractivity contribution is -0.137. The number of thiophene rings is 1. The highest BCUT2D eigenvalue weighted by molar-refractivity contribution is 7.99. The van der Waals surface area contributed by atoms with Gasteiger partial charge in [0.05, 0.1) is 21.2 Å². The van der Waals surface area contributed by atoms with Crippen molar-refractivity contribution in [3.63, 3.8) is 0 Å². The van der Waals surface area contributed by atoms with Crippen molar-refractivity contribution in [1.29, 1.82) is 0 Å². The quantitative estimate of drug-likeness (QED) is 0.575. The summed E-state index contributed by atoms with van der Waals surface area (Å²) in [7, 11) is 0. The first-order valence-electron chi connectivity index (χ1n) is 7.00. The van der Waals surface area contributed by atoms with Crippen LogP contribution < -0.4 is 5.32 Å². The van der Waals surface area contributed by atoms with Gasteiger partial charge in [-0.05, 0) is 29.6 Å². The van der Waals surface area contributed by atoms with E-state index in [1.807, 2.05) is 17.5 Å². The molecular weight excluding hydrogens is 411 g/mol. The van der Waals surface area contributed by atoms with Gasteiger partial charge in [0.2, 0.25) is 5.91 Å². The summed E-state index contributed by atoms with van der Waals surface area (Å²) in [6.07, 6.45) is -4.60. The number of hydrogen-bond acceptors (Lipinski definition) is 6. The molecule has 0 atom stereocenters. The molecule has 2 aromatic heterocycles. The lowest BCUT2D eigenvalue weighted by Gasteiger charge is -2.11. The molecule has 136 valence electrons. The fourth-order valence-electron chi connectivity index (χ4n) is 1.91. The van der Waals surface area contributed by atoms with Crippen LogP contribution in [-0.4, -0.2) is 21.9 Å². The molecule has 0 aliphatic rings. The molecule has 0 saturated carbocycles. The van der Waals surface area contributed by atoms with Crippen LogP contribution in [0.4, 0.5) is 18.9 Å². The molecule has 0 fully saturated rings. The maximum Gasteiger partial charge on any atom is 0.417 e. The van der Waals surface area contributed by atoms with Crippen LogP contribution in [0.2, 0.25) is 5.02 Å². The van der Waals surface area contributed by atoms with Crippen molar-refractivity contribution in [1.82, 2.24) is 10.2 Å². The summed E-state index contributed by atoms with van der Waals surface area (Å²) < 4.78 is 43.9. The fraction of sp³-hybridized carbons (Fsp3) is 0.133. The molecule has 26 heavy (non-hydrogen) atoms. The predicted molar refractivity (Wildman–Crippen MR) is 93.4 cm³/mol. The first-order valence-corrected chi connectivity index (χ1v) is 9.24. The molecule has 0 saturated heterocycles. The highest BCUT2D eigenvalue weighted by Crippen LogP contribution is 2.36. The van der Waals surface area contributed by atoms with E-state index in [4.69, 9.17) is 16.0 Å². The van der Waals surface area contributed by atoms with E-state index >= 15 is 0 Å². The molecule has 0 radical (unpaired) electrons. The Morgan fingerprint density at radius 2 is 2.12 bits per heavy atom. The van der Waals surface area contributed by atoms with Gasteiger partial charge >= 0.3 is 6.18 Å². The zero-order valence-corrected chi connectivity index (χ0v) is 15.1. The summed E-state index contributed by atoms with van der Waals surface area (Å²) in [5.41, 5.74) is -1.01. The van der Waals surface area contributed by atoms with E-state index in [0.29, 0.717) is 5.89 Å². The summed E-state index contributed by atoms with van der Waals surface area (Å²) in [4.78, 5) is 12.7. The molecule has 0 spiro atoms. The monoisotopic (exact) mass is 419 g/mol. The molecule has 11 heteroatoms. The first kappa shape index (κ1) is 18.7. The lowest BCUT2D eigenvalue weighted by atomic mass is 10.2. The number of rotatable bonds is 5. The average molecular weight is 420 g/mol. The number of carbonyl (C=O) groups is 1. The molecule has 2 heterocycles. The predicted octanol–water partition coefficient (Wildman–Crippen LogP) is 5.20. The van der Waals surface area contributed by atoms with Crippen LogP contribution in [0.1, 0.15) is 5.56 Å². The van der Waals surface area contributed by atoms with Crippen LogP contribution in [0, 0.1) is 0 Å². The Balaban J connectivity index is 1.60. The number of thioether (sulfide) groups is 1. The molecule has 3 rings (SSSR count). The Morgan fingerprint density at radius 1 is 1.31 bits per heavy atom. The summed E-state index contributed by atoms with van der Waals surface area (Å²) in [5.74, 6) is -0.271. The third-order valence-corrected chi connectivity index (χ3v) is 5.03. The number of carbonyl (C=O) groups excluding carboxylic acids is 1. The van der Waals surface area contributed by atoms with E-state index in [0.717, 1.165) is 28.8 Å².